The molecule has 1 aliphatic heterocycles. The maximum atomic E-state index is 9.17. The third-order valence-corrected chi connectivity index (χ3v) is 7.61. The molecule has 2 aromatic heterocycles. The molecular formula is C31H31N5. The Morgan fingerprint density at radius 1 is 0.861 bits per heavy atom. The quantitative estimate of drug-likeness (QED) is 0.331. The molecule has 1 saturated carbocycles. The van der Waals surface area contributed by atoms with E-state index in [9.17, 15) is 0 Å². The predicted molar refractivity (Wildman–Crippen MR) is 147 cm³/mol. The number of fused-ring (bicyclic) bond motifs is 1. The van der Waals surface area contributed by atoms with E-state index in [1.807, 2.05) is 30.5 Å². The van der Waals surface area contributed by atoms with E-state index in [2.05, 4.69) is 66.2 Å². The Morgan fingerprint density at radius 2 is 1.61 bits per heavy atom. The van der Waals surface area contributed by atoms with Crippen LogP contribution in [0.15, 0.2) is 67.0 Å². The number of hydrogen-bond donors (Lipinski definition) is 0. The molecule has 5 nitrogen and oxygen atoms in total. The highest BCUT2D eigenvalue weighted by Crippen LogP contribution is 2.48. The lowest BCUT2D eigenvalue weighted by molar-refractivity contribution is 0.644. The Balaban J connectivity index is 1.29. The second-order valence-corrected chi connectivity index (χ2v) is 10.3. The van der Waals surface area contributed by atoms with Gasteiger partial charge in [0.05, 0.1) is 29.0 Å². The van der Waals surface area contributed by atoms with E-state index in [4.69, 9.17) is 15.2 Å². The third-order valence-electron chi connectivity index (χ3n) is 7.61. The lowest BCUT2D eigenvalue weighted by Crippen LogP contribution is -2.47. The molecule has 4 aromatic rings. The van der Waals surface area contributed by atoms with Crippen LogP contribution >= 0.6 is 0 Å². The summed E-state index contributed by atoms with van der Waals surface area (Å²) in [5, 5.41) is 10.4. The average molecular weight is 474 g/mol. The zero-order valence-electron chi connectivity index (χ0n) is 21.0. The highest BCUT2D eigenvalue weighted by atomic mass is 15.3. The number of aromatic nitrogens is 2. The Labute approximate surface area is 213 Å². The number of benzene rings is 2. The van der Waals surface area contributed by atoms with Gasteiger partial charge in [-0.25, -0.2) is 4.98 Å². The van der Waals surface area contributed by atoms with Crippen molar-refractivity contribution in [1.29, 1.82) is 5.26 Å². The molecule has 0 unspecified atom stereocenters. The minimum Gasteiger partial charge on any atom is -0.366 e. The monoisotopic (exact) mass is 473 g/mol. The number of piperazine rings is 1. The van der Waals surface area contributed by atoms with Crippen LogP contribution in [0, 0.1) is 11.3 Å². The molecule has 0 radical (unpaired) electrons. The van der Waals surface area contributed by atoms with Gasteiger partial charge in [0.25, 0.3) is 0 Å². The fourth-order valence-electron chi connectivity index (χ4n) is 5.35. The molecule has 0 N–H and O–H groups in total. The smallest absolute Gasteiger partial charge is 0.128 e. The van der Waals surface area contributed by atoms with E-state index in [0.717, 1.165) is 48.6 Å². The summed E-state index contributed by atoms with van der Waals surface area (Å²) in [5.74, 6) is 2.19. The number of nitrogens with zero attached hydrogens (tertiary/aromatic N) is 5. The standard InChI is InChI=1S/C31H31N5/c1-21(2)25-12-13-29(33-19-25)36-16-14-35(15-17-36)28-20-34-31-26(23-8-6-22(18-32)7-9-23)4-3-5-27(31)30(28)24-10-11-24/h3-9,12-13,19-21,24H,10-11,14-17H2,1-2H3. The summed E-state index contributed by atoms with van der Waals surface area (Å²) < 4.78 is 0. The van der Waals surface area contributed by atoms with Crippen molar-refractivity contribution >= 4 is 22.4 Å². The van der Waals surface area contributed by atoms with Gasteiger partial charge in [0.1, 0.15) is 5.82 Å². The first-order chi connectivity index (χ1) is 17.6. The van der Waals surface area contributed by atoms with E-state index >= 15 is 0 Å². The summed E-state index contributed by atoms with van der Waals surface area (Å²) in [6.07, 6.45) is 6.63. The molecule has 2 aliphatic rings. The molecule has 0 spiro atoms. The van der Waals surface area contributed by atoms with Crippen LogP contribution < -0.4 is 9.80 Å². The zero-order chi connectivity index (χ0) is 24.6. The van der Waals surface area contributed by atoms with Crippen LogP contribution in [0.1, 0.15) is 55.2 Å². The van der Waals surface area contributed by atoms with Crippen molar-refractivity contribution in [3.63, 3.8) is 0 Å². The predicted octanol–water partition coefficient (Wildman–Crippen LogP) is 6.50. The molecule has 36 heavy (non-hydrogen) atoms. The summed E-state index contributed by atoms with van der Waals surface area (Å²) in [6, 6.07) is 20.9. The molecule has 5 heteroatoms. The number of nitriles is 1. The van der Waals surface area contributed by atoms with Crippen LogP contribution in [0.25, 0.3) is 22.0 Å². The van der Waals surface area contributed by atoms with E-state index in [1.54, 1.807) is 0 Å². The topological polar surface area (TPSA) is 56.0 Å². The first-order valence-corrected chi connectivity index (χ1v) is 13.0. The highest BCUT2D eigenvalue weighted by Gasteiger charge is 2.31. The Morgan fingerprint density at radius 3 is 2.25 bits per heavy atom. The largest absolute Gasteiger partial charge is 0.366 e. The van der Waals surface area contributed by atoms with E-state index < -0.39 is 0 Å². The summed E-state index contributed by atoms with van der Waals surface area (Å²) in [7, 11) is 0. The summed E-state index contributed by atoms with van der Waals surface area (Å²) in [5.41, 5.74) is 8.01. The van der Waals surface area contributed by atoms with Gasteiger partial charge in [0, 0.05) is 43.3 Å². The van der Waals surface area contributed by atoms with Gasteiger partial charge in [0.2, 0.25) is 0 Å². The van der Waals surface area contributed by atoms with E-state index in [1.165, 1.54) is 35.0 Å². The summed E-state index contributed by atoms with van der Waals surface area (Å²) in [6.45, 7) is 8.27. The third kappa shape index (κ3) is 4.18. The van der Waals surface area contributed by atoms with E-state index in [-0.39, 0.29) is 0 Å². The molecule has 1 saturated heterocycles. The molecule has 2 fully saturated rings. The lowest BCUT2D eigenvalue weighted by atomic mass is 9.96. The SMILES string of the molecule is CC(C)c1ccc(N2CCN(c3cnc4c(-c5ccc(C#N)cc5)cccc4c3C3CC3)CC2)nc1. The molecule has 0 amide bonds. The zero-order valence-corrected chi connectivity index (χ0v) is 21.0. The maximum absolute atomic E-state index is 9.17. The van der Waals surface area contributed by atoms with Gasteiger partial charge >= 0.3 is 0 Å². The Hall–Kier alpha value is -3.91. The fraction of sp³-hybridized carbons (Fsp3) is 0.323. The van der Waals surface area contributed by atoms with Crippen molar-refractivity contribution in [2.24, 2.45) is 0 Å². The summed E-state index contributed by atoms with van der Waals surface area (Å²) in [4.78, 5) is 14.7. The Kier molecular flexibility index (Phi) is 5.81. The normalized spacial score (nSPS) is 15.9. The van der Waals surface area contributed by atoms with Gasteiger partial charge in [0.15, 0.2) is 0 Å². The molecule has 3 heterocycles. The van der Waals surface area contributed by atoms with Crippen LogP contribution in [0.5, 0.6) is 0 Å². The Bertz CT molecular complexity index is 1420. The number of para-hydroxylation sites is 1. The molecule has 180 valence electrons. The lowest BCUT2D eigenvalue weighted by Gasteiger charge is -2.37. The fourth-order valence-corrected chi connectivity index (χ4v) is 5.35. The van der Waals surface area contributed by atoms with Crippen molar-refractivity contribution in [1.82, 2.24) is 9.97 Å². The van der Waals surface area contributed by atoms with Gasteiger partial charge in [-0.2, -0.15) is 5.26 Å². The van der Waals surface area contributed by atoms with Crippen LogP contribution in [0.4, 0.5) is 11.5 Å². The van der Waals surface area contributed by atoms with Crippen LogP contribution in [-0.2, 0) is 0 Å². The van der Waals surface area contributed by atoms with Crippen molar-refractivity contribution < 1.29 is 0 Å². The average Bonchev–Trinajstić information content (AvgIpc) is 3.78. The second-order valence-electron chi connectivity index (χ2n) is 10.3. The van der Waals surface area contributed by atoms with Gasteiger partial charge in [-0.05, 0) is 59.6 Å². The summed E-state index contributed by atoms with van der Waals surface area (Å²) >= 11 is 0. The van der Waals surface area contributed by atoms with Gasteiger partial charge < -0.3 is 9.80 Å². The van der Waals surface area contributed by atoms with Crippen LogP contribution in [-0.4, -0.2) is 36.1 Å². The van der Waals surface area contributed by atoms with Crippen molar-refractivity contribution in [3.05, 3.63) is 83.7 Å². The molecule has 0 atom stereocenters. The highest BCUT2D eigenvalue weighted by molar-refractivity contribution is 5.98. The number of rotatable bonds is 5. The molecule has 1 aliphatic carbocycles. The number of hydrogen-bond acceptors (Lipinski definition) is 5. The second kappa shape index (κ2) is 9.28. The van der Waals surface area contributed by atoms with E-state index in [0.29, 0.717) is 17.4 Å². The van der Waals surface area contributed by atoms with Gasteiger partial charge in [-0.15, -0.1) is 0 Å². The molecule has 0 bridgehead atoms. The first kappa shape index (κ1) is 22.5. The minimum absolute atomic E-state index is 0.502. The first-order valence-electron chi connectivity index (χ1n) is 13.0. The van der Waals surface area contributed by atoms with Gasteiger partial charge in [-0.1, -0.05) is 50.2 Å². The molecular weight excluding hydrogens is 442 g/mol. The van der Waals surface area contributed by atoms with Crippen LogP contribution in [0.3, 0.4) is 0 Å². The van der Waals surface area contributed by atoms with Gasteiger partial charge in [-0.3, -0.25) is 4.98 Å². The van der Waals surface area contributed by atoms with Crippen molar-refractivity contribution in [2.75, 3.05) is 36.0 Å². The van der Waals surface area contributed by atoms with Crippen LogP contribution in [0.2, 0.25) is 0 Å². The number of pyridine rings is 2. The maximum Gasteiger partial charge on any atom is 0.128 e. The number of anilines is 2. The van der Waals surface area contributed by atoms with Crippen molar-refractivity contribution in [3.8, 4) is 17.2 Å². The molecule has 6 rings (SSSR count). The molecule has 2 aromatic carbocycles. The van der Waals surface area contributed by atoms with Crippen molar-refractivity contribution in [2.45, 2.75) is 38.5 Å². The minimum atomic E-state index is 0.502.